The molecule has 0 unspecified atom stereocenters. The van der Waals surface area contributed by atoms with Crippen molar-refractivity contribution >= 4 is 0 Å². The zero-order chi connectivity index (χ0) is 5.70. The second kappa shape index (κ2) is 3.66. The summed E-state index contributed by atoms with van der Waals surface area (Å²) in [6, 6.07) is 0. The lowest BCUT2D eigenvalue weighted by Crippen LogP contribution is -1.76. The third kappa shape index (κ3) is 3.31. The van der Waals surface area contributed by atoms with Gasteiger partial charge in [-0.2, -0.15) is 0 Å². The Balaban J connectivity index is 3.35. The van der Waals surface area contributed by atoms with Crippen molar-refractivity contribution in [3.05, 3.63) is 24.8 Å². The van der Waals surface area contributed by atoms with Crippen LogP contribution < -0.4 is 0 Å². The highest BCUT2D eigenvalue weighted by molar-refractivity contribution is 4.92. The highest BCUT2D eigenvalue weighted by Crippen LogP contribution is 1.95. The average molecular weight is 96.2 g/mol. The van der Waals surface area contributed by atoms with Crippen LogP contribution in [0.25, 0.3) is 0 Å². The van der Waals surface area contributed by atoms with Crippen LogP contribution in [0.2, 0.25) is 0 Å². The van der Waals surface area contributed by atoms with Crippen molar-refractivity contribution in [2.75, 3.05) is 0 Å². The standard InChI is InChI=1S/C7H12/c1-4-6-7(3)5-2/h4-7H,2H2,1,3H3/b6-4-/t7-/m1/s1. The Hall–Kier alpha value is -0.520. The van der Waals surface area contributed by atoms with E-state index in [2.05, 4.69) is 19.6 Å². The predicted octanol–water partition coefficient (Wildman–Crippen LogP) is 2.38. The minimum atomic E-state index is 0.532. The fraction of sp³-hybridized carbons (Fsp3) is 0.429. The maximum atomic E-state index is 3.63. The summed E-state index contributed by atoms with van der Waals surface area (Å²) in [7, 11) is 0. The van der Waals surface area contributed by atoms with Gasteiger partial charge < -0.3 is 0 Å². The number of hydrogen-bond donors (Lipinski definition) is 0. The number of hydrogen-bond acceptors (Lipinski definition) is 0. The molecular formula is C7H12. The van der Waals surface area contributed by atoms with Gasteiger partial charge in [0.15, 0.2) is 0 Å². The van der Waals surface area contributed by atoms with E-state index in [1.54, 1.807) is 0 Å². The Bertz CT molecular complexity index is 70.1. The first-order valence-electron chi connectivity index (χ1n) is 2.56. The molecule has 0 aliphatic heterocycles. The van der Waals surface area contributed by atoms with Gasteiger partial charge >= 0.3 is 0 Å². The third-order valence-corrected chi connectivity index (χ3v) is 0.868. The van der Waals surface area contributed by atoms with Crippen molar-refractivity contribution in [1.82, 2.24) is 0 Å². The molecule has 0 heteroatoms. The van der Waals surface area contributed by atoms with Crippen LogP contribution in [-0.4, -0.2) is 0 Å². The predicted molar refractivity (Wildman–Crippen MR) is 34.2 cm³/mol. The molecule has 0 saturated heterocycles. The molecule has 0 rings (SSSR count). The fourth-order valence-electron chi connectivity index (χ4n) is 0.382. The van der Waals surface area contributed by atoms with Gasteiger partial charge in [-0.15, -0.1) is 6.58 Å². The molecule has 40 valence electrons. The molecule has 0 saturated carbocycles. The summed E-state index contributed by atoms with van der Waals surface area (Å²) in [4.78, 5) is 0. The molecule has 7 heavy (non-hydrogen) atoms. The molecule has 0 amide bonds. The molecular weight excluding hydrogens is 84.1 g/mol. The fourth-order valence-corrected chi connectivity index (χ4v) is 0.382. The zero-order valence-electron chi connectivity index (χ0n) is 5.02. The van der Waals surface area contributed by atoms with Crippen LogP contribution in [0, 0.1) is 5.92 Å². The Kier molecular flexibility index (Phi) is 3.39. The first-order valence-corrected chi connectivity index (χ1v) is 2.56. The summed E-state index contributed by atoms with van der Waals surface area (Å²) in [6.07, 6.45) is 6.05. The van der Waals surface area contributed by atoms with Gasteiger partial charge in [0.05, 0.1) is 0 Å². The molecule has 0 aliphatic carbocycles. The van der Waals surface area contributed by atoms with Crippen molar-refractivity contribution in [3.63, 3.8) is 0 Å². The highest BCUT2D eigenvalue weighted by Gasteiger charge is 1.81. The van der Waals surface area contributed by atoms with E-state index >= 15 is 0 Å². The van der Waals surface area contributed by atoms with Crippen LogP contribution >= 0.6 is 0 Å². The quantitative estimate of drug-likeness (QED) is 0.463. The second-order valence-corrected chi connectivity index (χ2v) is 1.62. The van der Waals surface area contributed by atoms with Crippen molar-refractivity contribution in [1.29, 1.82) is 0 Å². The molecule has 1 atom stereocenters. The van der Waals surface area contributed by atoms with Gasteiger partial charge in [0, 0.05) is 0 Å². The molecule has 0 radical (unpaired) electrons. The van der Waals surface area contributed by atoms with Crippen LogP contribution in [0.15, 0.2) is 24.8 Å². The molecule has 0 aliphatic rings. The van der Waals surface area contributed by atoms with E-state index in [9.17, 15) is 0 Å². The second-order valence-electron chi connectivity index (χ2n) is 1.62. The van der Waals surface area contributed by atoms with Crippen molar-refractivity contribution in [3.8, 4) is 0 Å². The zero-order valence-corrected chi connectivity index (χ0v) is 5.02. The van der Waals surface area contributed by atoms with E-state index in [1.165, 1.54) is 0 Å². The van der Waals surface area contributed by atoms with Gasteiger partial charge in [0.2, 0.25) is 0 Å². The number of allylic oxidation sites excluding steroid dienone is 3. The summed E-state index contributed by atoms with van der Waals surface area (Å²) in [5.41, 5.74) is 0. The Labute approximate surface area is 45.5 Å². The van der Waals surface area contributed by atoms with Crippen LogP contribution in [-0.2, 0) is 0 Å². The van der Waals surface area contributed by atoms with Crippen LogP contribution in [0.5, 0.6) is 0 Å². The normalized spacial score (nSPS) is 14.6. The minimum absolute atomic E-state index is 0.532. The van der Waals surface area contributed by atoms with Gasteiger partial charge in [0.1, 0.15) is 0 Å². The smallest absolute Gasteiger partial charge is 0.00847 e. The van der Waals surface area contributed by atoms with E-state index in [-0.39, 0.29) is 0 Å². The monoisotopic (exact) mass is 96.1 g/mol. The molecule has 0 heterocycles. The Morgan fingerprint density at radius 1 is 1.57 bits per heavy atom. The van der Waals surface area contributed by atoms with E-state index < -0.39 is 0 Å². The highest BCUT2D eigenvalue weighted by atomic mass is 13.9. The summed E-state index contributed by atoms with van der Waals surface area (Å²) < 4.78 is 0. The van der Waals surface area contributed by atoms with Crippen LogP contribution in [0.4, 0.5) is 0 Å². The Morgan fingerprint density at radius 2 is 2.14 bits per heavy atom. The topological polar surface area (TPSA) is 0 Å². The largest absolute Gasteiger partial charge is 0.102 e. The first kappa shape index (κ1) is 6.48. The molecule has 0 aromatic heterocycles. The van der Waals surface area contributed by atoms with Gasteiger partial charge in [-0.05, 0) is 12.8 Å². The molecule has 0 aromatic carbocycles. The molecule has 0 spiro atoms. The third-order valence-electron chi connectivity index (χ3n) is 0.868. The molecule has 0 nitrogen and oxygen atoms in total. The lowest BCUT2D eigenvalue weighted by atomic mass is 10.2. The average Bonchev–Trinajstić information content (AvgIpc) is 1.68. The summed E-state index contributed by atoms with van der Waals surface area (Å²) in [6.45, 7) is 7.75. The maximum absolute atomic E-state index is 3.63. The number of rotatable bonds is 2. The van der Waals surface area contributed by atoms with Gasteiger partial charge in [-0.3, -0.25) is 0 Å². The van der Waals surface area contributed by atoms with Gasteiger partial charge in [0.25, 0.3) is 0 Å². The van der Waals surface area contributed by atoms with E-state index in [4.69, 9.17) is 0 Å². The summed E-state index contributed by atoms with van der Waals surface area (Å²) >= 11 is 0. The van der Waals surface area contributed by atoms with E-state index in [0.717, 1.165) is 0 Å². The molecule has 0 N–H and O–H groups in total. The minimum Gasteiger partial charge on any atom is -0.102 e. The van der Waals surface area contributed by atoms with Crippen LogP contribution in [0.3, 0.4) is 0 Å². The molecule has 0 bridgehead atoms. The molecule has 0 fully saturated rings. The van der Waals surface area contributed by atoms with Gasteiger partial charge in [-0.25, -0.2) is 0 Å². The maximum Gasteiger partial charge on any atom is -0.00847 e. The molecule has 0 aromatic rings. The summed E-state index contributed by atoms with van der Waals surface area (Å²) in [5.74, 6) is 0.532. The summed E-state index contributed by atoms with van der Waals surface area (Å²) in [5, 5.41) is 0. The lowest BCUT2D eigenvalue weighted by Gasteiger charge is -1.90. The van der Waals surface area contributed by atoms with E-state index in [1.807, 2.05) is 19.1 Å². The first-order chi connectivity index (χ1) is 3.31. The lowest BCUT2D eigenvalue weighted by molar-refractivity contribution is 0.941. The van der Waals surface area contributed by atoms with Crippen molar-refractivity contribution in [2.45, 2.75) is 13.8 Å². The van der Waals surface area contributed by atoms with Crippen LogP contribution in [0.1, 0.15) is 13.8 Å². The SMILES string of the molecule is C=C[C@@H](C)/C=C\C. The Morgan fingerprint density at radius 3 is 2.29 bits per heavy atom. The van der Waals surface area contributed by atoms with Crippen molar-refractivity contribution < 1.29 is 0 Å². The van der Waals surface area contributed by atoms with Crippen molar-refractivity contribution in [2.24, 2.45) is 5.92 Å². The van der Waals surface area contributed by atoms with Gasteiger partial charge in [-0.1, -0.05) is 25.2 Å². The van der Waals surface area contributed by atoms with E-state index in [0.29, 0.717) is 5.92 Å².